The molecular weight excluding hydrogens is 444 g/mol. The highest BCUT2D eigenvalue weighted by atomic mass is 16.5. The van der Waals surface area contributed by atoms with Crippen LogP contribution in [0.15, 0.2) is 51.6 Å². The van der Waals surface area contributed by atoms with Gasteiger partial charge in [-0.3, -0.25) is 19.3 Å². The third kappa shape index (κ3) is 3.48. The van der Waals surface area contributed by atoms with E-state index in [4.69, 9.17) is 13.7 Å². The Morgan fingerprint density at radius 3 is 2.68 bits per heavy atom. The molecule has 34 heavy (non-hydrogen) atoms. The van der Waals surface area contributed by atoms with Crippen molar-refractivity contribution in [3.05, 3.63) is 65.0 Å². The number of hydrogen-bond donors (Lipinski definition) is 1. The van der Waals surface area contributed by atoms with Gasteiger partial charge in [-0.05, 0) is 43.3 Å². The second kappa shape index (κ2) is 7.96. The van der Waals surface area contributed by atoms with Gasteiger partial charge in [-0.1, -0.05) is 5.16 Å². The van der Waals surface area contributed by atoms with E-state index in [0.29, 0.717) is 22.5 Å². The monoisotopic (exact) mass is 460 g/mol. The van der Waals surface area contributed by atoms with E-state index in [1.165, 1.54) is 37.6 Å². The number of imide groups is 1. The summed E-state index contributed by atoms with van der Waals surface area (Å²) in [6.45, 7) is 1.06. The quantitative estimate of drug-likeness (QED) is 0.351. The summed E-state index contributed by atoms with van der Waals surface area (Å²) in [6, 6.07) is 9.18. The molecular formula is C23H16N4O7. The van der Waals surface area contributed by atoms with Crippen LogP contribution in [0.2, 0.25) is 0 Å². The van der Waals surface area contributed by atoms with E-state index in [-0.39, 0.29) is 28.1 Å². The van der Waals surface area contributed by atoms with Gasteiger partial charge in [0.25, 0.3) is 23.4 Å². The Bertz CT molecular complexity index is 1490. The highest BCUT2D eigenvalue weighted by Gasteiger charge is 2.32. The first-order valence-corrected chi connectivity index (χ1v) is 10.1. The molecule has 1 aliphatic heterocycles. The van der Waals surface area contributed by atoms with Crippen LogP contribution in [0.1, 0.15) is 36.8 Å². The number of anilines is 1. The zero-order valence-corrected chi connectivity index (χ0v) is 17.9. The summed E-state index contributed by atoms with van der Waals surface area (Å²) in [4.78, 5) is 54.7. The van der Waals surface area contributed by atoms with Crippen molar-refractivity contribution in [1.82, 2.24) is 15.0 Å². The SMILES string of the molecule is Cc1noc2nc(-c3ccco3)cc(C(=O)OCC(=O)Nc3ccc4c(c3)C(=O)N(C)C4=O)c12. The maximum Gasteiger partial charge on any atom is 0.339 e. The van der Waals surface area contributed by atoms with Crippen LogP contribution in [0, 0.1) is 6.92 Å². The summed E-state index contributed by atoms with van der Waals surface area (Å²) >= 11 is 0. The van der Waals surface area contributed by atoms with Crippen molar-refractivity contribution >= 4 is 40.5 Å². The number of amides is 3. The molecule has 0 saturated carbocycles. The Morgan fingerprint density at radius 1 is 1.12 bits per heavy atom. The van der Waals surface area contributed by atoms with Crippen molar-refractivity contribution < 1.29 is 32.9 Å². The van der Waals surface area contributed by atoms with Crippen molar-refractivity contribution in [2.24, 2.45) is 0 Å². The molecule has 0 saturated heterocycles. The van der Waals surface area contributed by atoms with Crippen molar-refractivity contribution in [3.63, 3.8) is 0 Å². The number of pyridine rings is 1. The average molecular weight is 460 g/mol. The Balaban J connectivity index is 1.32. The zero-order valence-electron chi connectivity index (χ0n) is 17.9. The minimum atomic E-state index is -0.780. The molecule has 3 amide bonds. The number of nitrogens with zero attached hydrogens (tertiary/aromatic N) is 3. The molecule has 1 N–H and O–H groups in total. The maximum atomic E-state index is 12.8. The summed E-state index contributed by atoms with van der Waals surface area (Å²) in [6.07, 6.45) is 1.47. The number of carbonyl (C=O) groups is 4. The first-order valence-electron chi connectivity index (χ1n) is 10.1. The Hall–Kier alpha value is -4.80. The number of hydrogen-bond acceptors (Lipinski definition) is 9. The fourth-order valence-corrected chi connectivity index (χ4v) is 3.65. The molecule has 3 aromatic heterocycles. The van der Waals surface area contributed by atoms with Crippen molar-refractivity contribution in [2.75, 3.05) is 19.0 Å². The molecule has 0 spiro atoms. The number of aromatic nitrogens is 2. The Morgan fingerprint density at radius 2 is 1.91 bits per heavy atom. The fraction of sp³-hybridized carbons (Fsp3) is 0.130. The molecule has 11 heteroatoms. The molecule has 0 unspecified atom stereocenters. The lowest BCUT2D eigenvalue weighted by atomic mass is 10.1. The second-order valence-electron chi connectivity index (χ2n) is 7.53. The van der Waals surface area contributed by atoms with Crippen LogP contribution in [0.25, 0.3) is 22.6 Å². The lowest BCUT2D eigenvalue weighted by molar-refractivity contribution is -0.119. The summed E-state index contributed by atoms with van der Waals surface area (Å²) in [7, 11) is 1.38. The largest absolute Gasteiger partial charge is 0.463 e. The van der Waals surface area contributed by atoms with Gasteiger partial charge in [-0.15, -0.1) is 0 Å². The van der Waals surface area contributed by atoms with Gasteiger partial charge < -0.3 is 19.0 Å². The van der Waals surface area contributed by atoms with Crippen LogP contribution in [-0.4, -0.2) is 52.4 Å². The molecule has 11 nitrogen and oxygen atoms in total. The predicted octanol–water partition coefficient (Wildman–Crippen LogP) is 2.81. The van der Waals surface area contributed by atoms with E-state index in [1.807, 2.05) is 0 Å². The van der Waals surface area contributed by atoms with E-state index >= 15 is 0 Å². The van der Waals surface area contributed by atoms with E-state index in [1.54, 1.807) is 19.1 Å². The summed E-state index contributed by atoms with van der Waals surface area (Å²) in [5.41, 5.74) is 1.76. The molecule has 1 aliphatic rings. The lowest BCUT2D eigenvalue weighted by Crippen LogP contribution is -2.24. The van der Waals surface area contributed by atoms with Gasteiger partial charge in [0, 0.05) is 12.7 Å². The van der Waals surface area contributed by atoms with Crippen LogP contribution in [0.3, 0.4) is 0 Å². The molecule has 4 heterocycles. The minimum absolute atomic E-state index is 0.118. The molecule has 0 radical (unpaired) electrons. The molecule has 0 aliphatic carbocycles. The fourth-order valence-electron chi connectivity index (χ4n) is 3.65. The minimum Gasteiger partial charge on any atom is -0.463 e. The topological polar surface area (TPSA) is 145 Å². The maximum absolute atomic E-state index is 12.8. The number of nitrogens with one attached hydrogen (secondary N) is 1. The summed E-state index contributed by atoms with van der Waals surface area (Å²) in [5.74, 6) is -1.86. The van der Waals surface area contributed by atoms with Gasteiger partial charge in [0.05, 0.1) is 34.0 Å². The second-order valence-corrected chi connectivity index (χ2v) is 7.53. The highest BCUT2D eigenvalue weighted by Crippen LogP contribution is 2.28. The van der Waals surface area contributed by atoms with Crippen LogP contribution in [-0.2, 0) is 9.53 Å². The van der Waals surface area contributed by atoms with Gasteiger partial charge in [0.1, 0.15) is 5.69 Å². The number of furan rings is 1. The molecule has 170 valence electrons. The number of fused-ring (bicyclic) bond motifs is 2. The number of esters is 1. The molecule has 1 aromatic carbocycles. The first-order chi connectivity index (χ1) is 16.3. The third-order valence-corrected chi connectivity index (χ3v) is 5.32. The number of ether oxygens (including phenoxy) is 1. The van der Waals surface area contributed by atoms with Gasteiger partial charge in [0.15, 0.2) is 12.4 Å². The Labute approximate surface area is 191 Å². The molecule has 0 bridgehead atoms. The molecule has 0 atom stereocenters. The summed E-state index contributed by atoms with van der Waals surface area (Å²) < 4.78 is 15.7. The predicted molar refractivity (Wildman–Crippen MR) is 116 cm³/mol. The van der Waals surface area contributed by atoms with E-state index in [2.05, 4.69) is 15.5 Å². The van der Waals surface area contributed by atoms with Crippen molar-refractivity contribution in [1.29, 1.82) is 0 Å². The van der Waals surface area contributed by atoms with Crippen LogP contribution < -0.4 is 5.32 Å². The van der Waals surface area contributed by atoms with Crippen LogP contribution in [0.5, 0.6) is 0 Å². The van der Waals surface area contributed by atoms with Gasteiger partial charge >= 0.3 is 5.97 Å². The molecule has 4 aromatic rings. The number of carbonyl (C=O) groups excluding carboxylic acids is 4. The smallest absolute Gasteiger partial charge is 0.339 e. The van der Waals surface area contributed by atoms with E-state index < -0.39 is 30.3 Å². The number of aryl methyl sites for hydroxylation is 1. The zero-order chi connectivity index (χ0) is 24.0. The number of benzene rings is 1. The highest BCUT2D eigenvalue weighted by molar-refractivity contribution is 6.21. The molecule has 0 fully saturated rings. The number of rotatable bonds is 5. The van der Waals surface area contributed by atoms with E-state index in [0.717, 1.165) is 4.90 Å². The van der Waals surface area contributed by atoms with Crippen molar-refractivity contribution in [3.8, 4) is 11.5 Å². The van der Waals surface area contributed by atoms with Gasteiger partial charge in [-0.25, -0.2) is 9.78 Å². The first kappa shape index (κ1) is 21.1. The normalized spacial score (nSPS) is 12.8. The third-order valence-electron chi connectivity index (χ3n) is 5.32. The van der Waals surface area contributed by atoms with Crippen LogP contribution in [0.4, 0.5) is 5.69 Å². The Kier molecular flexibility index (Phi) is 4.93. The molecule has 5 rings (SSSR count). The van der Waals surface area contributed by atoms with Gasteiger partial charge in [0.2, 0.25) is 0 Å². The van der Waals surface area contributed by atoms with E-state index in [9.17, 15) is 19.2 Å². The average Bonchev–Trinajstić information content (AvgIpc) is 3.55. The lowest BCUT2D eigenvalue weighted by Gasteiger charge is -2.08. The van der Waals surface area contributed by atoms with Gasteiger partial charge in [-0.2, -0.15) is 0 Å². The standard InChI is InChI=1S/C23H16N4O7/c1-11-19-15(9-16(17-4-3-7-32-17)25-20(19)34-26-11)23(31)33-10-18(28)24-12-5-6-13-14(8-12)22(30)27(2)21(13)29/h3-9H,10H2,1-2H3,(H,24,28). The van der Waals surface area contributed by atoms with Crippen molar-refractivity contribution in [2.45, 2.75) is 6.92 Å². The van der Waals surface area contributed by atoms with Crippen LogP contribution >= 0.6 is 0 Å². The summed E-state index contributed by atoms with van der Waals surface area (Å²) in [5, 5.41) is 6.76.